The highest BCUT2D eigenvalue weighted by Gasteiger charge is 2.19. The van der Waals surface area contributed by atoms with E-state index in [9.17, 15) is 5.11 Å². The van der Waals surface area contributed by atoms with Crippen LogP contribution in [0.1, 0.15) is 17.5 Å². The molecule has 0 aliphatic carbocycles. The zero-order chi connectivity index (χ0) is 18.9. The predicted molar refractivity (Wildman–Crippen MR) is 94.3 cm³/mol. The summed E-state index contributed by atoms with van der Waals surface area (Å²) in [6.07, 6.45) is 2.19. The molecule has 4 N–H and O–H groups in total. The Morgan fingerprint density at radius 3 is 2.42 bits per heavy atom. The molecule has 0 amide bonds. The van der Waals surface area contributed by atoms with Gasteiger partial charge in [-0.25, -0.2) is 9.59 Å². The van der Waals surface area contributed by atoms with E-state index >= 15 is 0 Å². The van der Waals surface area contributed by atoms with Crippen LogP contribution in [0.2, 0.25) is 0 Å². The first-order chi connectivity index (χ1) is 12.5. The van der Waals surface area contributed by atoms with Crippen LogP contribution in [0.25, 0.3) is 0 Å². The molecule has 2 aromatic rings. The Morgan fingerprint density at radius 2 is 1.77 bits per heavy atom. The zero-order valence-corrected chi connectivity index (χ0v) is 14.1. The second kappa shape index (κ2) is 9.43. The summed E-state index contributed by atoms with van der Waals surface area (Å²) in [6.45, 7) is 1.68. The molecule has 2 aromatic carbocycles. The van der Waals surface area contributed by atoms with Crippen molar-refractivity contribution >= 4 is 11.9 Å². The van der Waals surface area contributed by atoms with Gasteiger partial charge < -0.3 is 25.4 Å². The number of aromatic hydroxyl groups is 1. The van der Waals surface area contributed by atoms with Crippen molar-refractivity contribution in [1.82, 2.24) is 5.32 Å². The van der Waals surface area contributed by atoms with E-state index < -0.39 is 11.9 Å². The van der Waals surface area contributed by atoms with Crippen molar-refractivity contribution < 1.29 is 29.6 Å². The van der Waals surface area contributed by atoms with Gasteiger partial charge in [-0.05, 0) is 30.0 Å². The molecule has 0 bridgehead atoms. The summed E-state index contributed by atoms with van der Waals surface area (Å²) in [5.74, 6) is -2.56. The number of hydrogen-bond acceptors (Lipinski definition) is 5. The number of phenols is 1. The number of aliphatic carboxylic acids is 2. The van der Waals surface area contributed by atoms with Crippen molar-refractivity contribution in [2.75, 3.05) is 6.54 Å². The number of ether oxygens (including phenoxy) is 1. The van der Waals surface area contributed by atoms with Gasteiger partial charge in [0.2, 0.25) is 0 Å². The lowest BCUT2D eigenvalue weighted by Crippen LogP contribution is -2.33. The summed E-state index contributed by atoms with van der Waals surface area (Å²) in [6, 6.07) is 15.7. The highest BCUT2D eigenvalue weighted by molar-refractivity contribution is 6.27. The topological polar surface area (TPSA) is 116 Å². The Morgan fingerprint density at radius 1 is 1.08 bits per heavy atom. The van der Waals surface area contributed by atoms with Gasteiger partial charge in [-0.1, -0.05) is 36.4 Å². The van der Waals surface area contributed by atoms with E-state index in [1.54, 1.807) is 12.1 Å². The fourth-order valence-corrected chi connectivity index (χ4v) is 2.53. The largest absolute Gasteiger partial charge is 0.508 e. The molecule has 1 atom stereocenters. The average molecular weight is 359 g/mol. The third-order valence-corrected chi connectivity index (χ3v) is 3.81. The van der Waals surface area contributed by atoms with Gasteiger partial charge in [-0.2, -0.15) is 0 Å². The van der Waals surface area contributed by atoms with Gasteiger partial charge in [-0.15, -0.1) is 0 Å². The molecular formula is C19H21NO6. The minimum atomic E-state index is -1.82. The quantitative estimate of drug-likeness (QED) is 0.617. The molecule has 26 heavy (non-hydrogen) atoms. The lowest BCUT2D eigenvalue weighted by Gasteiger charge is -2.26. The van der Waals surface area contributed by atoms with Crippen molar-refractivity contribution in [2.24, 2.45) is 0 Å². The van der Waals surface area contributed by atoms with E-state index in [-0.39, 0.29) is 11.9 Å². The van der Waals surface area contributed by atoms with E-state index in [1.165, 1.54) is 11.1 Å². The van der Waals surface area contributed by atoms with Gasteiger partial charge in [0.15, 0.2) is 0 Å². The molecule has 0 unspecified atom stereocenters. The molecule has 0 saturated carbocycles. The number of rotatable bonds is 4. The lowest BCUT2D eigenvalue weighted by atomic mass is 10.0. The van der Waals surface area contributed by atoms with Crippen LogP contribution in [0.15, 0.2) is 48.5 Å². The van der Waals surface area contributed by atoms with Crippen molar-refractivity contribution in [3.63, 3.8) is 0 Å². The minimum Gasteiger partial charge on any atom is -0.508 e. The van der Waals surface area contributed by atoms with Gasteiger partial charge in [-0.3, -0.25) is 0 Å². The molecule has 138 valence electrons. The first-order valence-corrected chi connectivity index (χ1v) is 8.15. The maximum atomic E-state index is 9.50. The molecule has 1 aliphatic heterocycles. The second-order valence-corrected chi connectivity index (χ2v) is 5.80. The SMILES string of the molecule is O=C(O)C(=O)O.Oc1ccc2c(c1)O[C@H](CNCc1ccccc1)CC2. The summed E-state index contributed by atoms with van der Waals surface area (Å²) in [7, 11) is 0. The lowest BCUT2D eigenvalue weighted by molar-refractivity contribution is -0.159. The van der Waals surface area contributed by atoms with Crippen molar-refractivity contribution in [3.05, 3.63) is 59.7 Å². The van der Waals surface area contributed by atoms with E-state index in [0.717, 1.165) is 31.7 Å². The summed E-state index contributed by atoms with van der Waals surface area (Å²) in [5.41, 5.74) is 2.46. The number of phenolic OH excluding ortho intramolecular Hbond substituents is 1. The normalized spacial score (nSPS) is 15.0. The monoisotopic (exact) mass is 359 g/mol. The standard InChI is InChI=1S/C17H19NO2.C2H2O4/c19-15-8-6-14-7-9-16(20-17(14)10-15)12-18-11-13-4-2-1-3-5-13;3-1(4)2(5)6/h1-6,8,10,16,18-19H,7,9,11-12H2;(H,3,4)(H,5,6)/t16-;/m0./s1. The van der Waals surface area contributed by atoms with Crippen LogP contribution in [0, 0.1) is 0 Å². The fraction of sp³-hybridized carbons (Fsp3) is 0.263. The summed E-state index contributed by atoms with van der Waals surface area (Å²) < 4.78 is 5.93. The molecular weight excluding hydrogens is 338 g/mol. The molecule has 0 fully saturated rings. The zero-order valence-electron chi connectivity index (χ0n) is 14.1. The van der Waals surface area contributed by atoms with Crippen molar-refractivity contribution in [2.45, 2.75) is 25.5 Å². The highest BCUT2D eigenvalue weighted by atomic mass is 16.5. The van der Waals surface area contributed by atoms with Gasteiger partial charge in [0.05, 0.1) is 0 Å². The van der Waals surface area contributed by atoms with Crippen LogP contribution < -0.4 is 10.1 Å². The molecule has 1 heterocycles. The van der Waals surface area contributed by atoms with Crippen LogP contribution in [0.4, 0.5) is 0 Å². The Kier molecular flexibility index (Phi) is 6.99. The van der Waals surface area contributed by atoms with Gasteiger partial charge >= 0.3 is 11.9 Å². The number of nitrogens with one attached hydrogen (secondary N) is 1. The Hall–Kier alpha value is -3.06. The third-order valence-electron chi connectivity index (χ3n) is 3.81. The molecule has 7 heteroatoms. The highest BCUT2D eigenvalue weighted by Crippen LogP contribution is 2.30. The molecule has 0 saturated heterocycles. The van der Waals surface area contributed by atoms with E-state index in [0.29, 0.717) is 0 Å². The Bertz CT molecular complexity index is 735. The van der Waals surface area contributed by atoms with Crippen LogP contribution in [0.3, 0.4) is 0 Å². The van der Waals surface area contributed by atoms with Crippen LogP contribution >= 0.6 is 0 Å². The average Bonchev–Trinajstić information content (AvgIpc) is 2.62. The minimum absolute atomic E-state index is 0.174. The Labute approximate surface area is 150 Å². The fourth-order valence-electron chi connectivity index (χ4n) is 2.53. The number of carboxylic acids is 2. The first-order valence-electron chi connectivity index (χ1n) is 8.15. The van der Waals surface area contributed by atoms with Gasteiger partial charge in [0.25, 0.3) is 0 Å². The maximum absolute atomic E-state index is 9.50. The van der Waals surface area contributed by atoms with E-state index in [1.807, 2.05) is 24.3 Å². The Balaban J connectivity index is 0.000000352. The summed E-state index contributed by atoms with van der Waals surface area (Å²) in [5, 5.41) is 27.7. The van der Waals surface area contributed by atoms with Gasteiger partial charge in [0, 0.05) is 19.2 Å². The predicted octanol–water partition coefficient (Wildman–Crippen LogP) is 2.03. The molecule has 0 spiro atoms. The second-order valence-electron chi connectivity index (χ2n) is 5.80. The maximum Gasteiger partial charge on any atom is 0.414 e. The first kappa shape index (κ1) is 19.3. The van der Waals surface area contributed by atoms with Crippen molar-refractivity contribution in [1.29, 1.82) is 0 Å². The number of benzene rings is 2. The molecule has 7 nitrogen and oxygen atoms in total. The van der Waals surface area contributed by atoms with Gasteiger partial charge in [0.1, 0.15) is 17.6 Å². The summed E-state index contributed by atoms with van der Waals surface area (Å²) >= 11 is 0. The number of hydrogen-bond donors (Lipinski definition) is 4. The molecule has 0 radical (unpaired) electrons. The molecule has 3 rings (SSSR count). The number of carbonyl (C=O) groups is 2. The third kappa shape index (κ3) is 6.10. The van der Waals surface area contributed by atoms with E-state index in [4.69, 9.17) is 24.5 Å². The number of carboxylic acid groups (broad SMARTS) is 2. The molecule has 0 aromatic heterocycles. The smallest absolute Gasteiger partial charge is 0.414 e. The summed E-state index contributed by atoms with van der Waals surface area (Å²) in [4.78, 5) is 18.2. The number of fused-ring (bicyclic) bond motifs is 1. The van der Waals surface area contributed by atoms with Crippen molar-refractivity contribution in [3.8, 4) is 11.5 Å². The molecule has 1 aliphatic rings. The van der Waals surface area contributed by atoms with Crippen LogP contribution in [0.5, 0.6) is 11.5 Å². The van der Waals surface area contributed by atoms with E-state index in [2.05, 4.69) is 17.4 Å². The van der Waals surface area contributed by atoms with Crippen LogP contribution in [-0.4, -0.2) is 39.9 Å². The number of aryl methyl sites for hydroxylation is 1. The van der Waals surface area contributed by atoms with Crippen LogP contribution in [-0.2, 0) is 22.6 Å².